The zero-order chi connectivity index (χ0) is 21.5. The number of nitrogens with zero attached hydrogens (tertiary/aromatic N) is 1. The molecule has 0 aliphatic rings. The molecule has 0 aliphatic heterocycles. The third-order valence-corrected chi connectivity index (χ3v) is 4.27. The zero-order valence-electron chi connectivity index (χ0n) is 15.8. The number of aromatic hydroxyl groups is 1. The number of ether oxygens (including phenoxy) is 1. The Morgan fingerprint density at radius 3 is 2.30 bits per heavy atom. The summed E-state index contributed by atoms with van der Waals surface area (Å²) in [6.45, 7) is -0.373. The minimum atomic E-state index is -0.583. The first-order valence-electron chi connectivity index (χ1n) is 8.99. The molecular formula is C22H18N2O6. The van der Waals surface area contributed by atoms with Crippen molar-refractivity contribution in [3.8, 4) is 11.5 Å². The van der Waals surface area contributed by atoms with E-state index in [4.69, 9.17) is 4.74 Å². The molecule has 0 bridgehead atoms. The highest BCUT2D eigenvalue weighted by atomic mass is 16.6. The van der Waals surface area contributed by atoms with E-state index >= 15 is 0 Å². The number of phenols is 1. The summed E-state index contributed by atoms with van der Waals surface area (Å²) in [5.74, 6) is -0.324. The van der Waals surface area contributed by atoms with Crippen LogP contribution in [0.5, 0.6) is 11.5 Å². The van der Waals surface area contributed by atoms with Gasteiger partial charge in [-0.3, -0.25) is 19.7 Å². The van der Waals surface area contributed by atoms with Gasteiger partial charge in [-0.1, -0.05) is 30.3 Å². The van der Waals surface area contributed by atoms with E-state index in [0.717, 1.165) is 0 Å². The first-order valence-corrected chi connectivity index (χ1v) is 8.99. The van der Waals surface area contributed by atoms with Crippen LogP contribution in [0.3, 0.4) is 0 Å². The van der Waals surface area contributed by atoms with E-state index in [1.165, 1.54) is 18.2 Å². The van der Waals surface area contributed by atoms with Gasteiger partial charge in [-0.15, -0.1) is 0 Å². The lowest BCUT2D eigenvalue weighted by molar-refractivity contribution is -0.384. The number of nitro groups is 1. The lowest BCUT2D eigenvalue weighted by atomic mass is 10.0. The average molecular weight is 406 g/mol. The van der Waals surface area contributed by atoms with Crippen LogP contribution in [0.15, 0.2) is 72.8 Å². The Labute approximate surface area is 171 Å². The van der Waals surface area contributed by atoms with Gasteiger partial charge in [0.05, 0.1) is 4.92 Å². The van der Waals surface area contributed by atoms with E-state index in [1.807, 2.05) is 6.07 Å². The van der Waals surface area contributed by atoms with Gasteiger partial charge in [0, 0.05) is 35.4 Å². The summed E-state index contributed by atoms with van der Waals surface area (Å²) in [7, 11) is 0. The summed E-state index contributed by atoms with van der Waals surface area (Å²) >= 11 is 0. The molecule has 30 heavy (non-hydrogen) atoms. The fraction of sp³-hybridized carbons (Fsp3) is 0.0909. The molecule has 8 nitrogen and oxygen atoms in total. The Hall–Kier alpha value is -4.20. The van der Waals surface area contributed by atoms with E-state index < -0.39 is 10.8 Å². The van der Waals surface area contributed by atoms with Crippen LogP contribution in [0.2, 0.25) is 0 Å². The van der Waals surface area contributed by atoms with Crippen molar-refractivity contribution in [1.29, 1.82) is 0 Å². The predicted molar refractivity (Wildman–Crippen MR) is 108 cm³/mol. The molecule has 3 aromatic rings. The number of rotatable bonds is 8. The zero-order valence-corrected chi connectivity index (χ0v) is 15.8. The number of nitrogens with one attached hydrogen (secondary N) is 1. The summed E-state index contributed by atoms with van der Waals surface area (Å²) in [5.41, 5.74) is 1.12. The van der Waals surface area contributed by atoms with Crippen molar-refractivity contribution in [2.75, 3.05) is 6.61 Å². The normalized spacial score (nSPS) is 10.3. The quantitative estimate of drug-likeness (QED) is 0.337. The molecular weight excluding hydrogens is 388 g/mol. The fourth-order valence-corrected chi connectivity index (χ4v) is 2.68. The third kappa shape index (κ3) is 5.20. The number of phenolic OH excluding ortho intramolecular Hbond substituents is 1. The van der Waals surface area contributed by atoms with E-state index in [2.05, 4.69) is 5.32 Å². The second-order valence-corrected chi connectivity index (χ2v) is 6.36. The second-order valence-electron chi connectivity index (χ2n) is 6.36. The van der Waals surface area contributed by atoms with Crippen LogP contribution >= 0.6 is 0 Å². The minimum Gasteiger partial charge on any atom is -0.508 e. The maximum atomic E-state index is 12.4. The van der Waals surface area contributed by atoms with Crippen LogP contribution in [0.25, 0.3) is 0 Å². The van der Waals surface area contributed by atoms with Gasteiger partial charge in [0.2, 0.25) is 0 Å². The maximum Gasteiger partial charge on any atom is 0.270 e. The van der Waals surface area contributed by atoms with Gasteiger partial charge in [-0.25, -0.2) is 0 Å². The number of ketones is 1. The van der Waals surface area contributed by atoms with Gasteiger partial charge in [0.15, 0.2) is 12.4 Å². The van der Waals surface area contributed by atoms with Crippen LogP contribution in [-0.2, 0) is 11.3 Å². The summed E-state index contributed by atoms with van der Waals surface area (Å²) in [5, 5.41) is 23.1. The highest BCUT2D eigenvalue weighted by Crippen LogP contribution is 2.22. The molecule has 0 fully saturated rings. The van der Waals surface area contributed by atoms with E-state index in [1.54, 1.807) is 48.5 Å². The number of nitro benzene ring substituents is 1. The summed E-state index contributed by atoms with van der Waals surface area (Å²) < 4.78 is 5.39. The van der Waals surface area contributed by atoms with Crippen LogP contribution in [-0.4, -0.2) is 28.3 Å². The molecule has 0 radical (unpaired) electrons. The van der Waals surface area contributed by atoms with Gasteiger partial charge in [-0.05, 0) is 30.3 Å². The van der Waals surface area contributed by atoms with E-state index in [9.17, 15) is 24.8 Å². The predicted octanol–water partition coefficient (Wildman–Crippen LogP) is 3.23. The molecule has 2 N–H and O–H groups in total. The second kappa shape index (κ2) is 9.33. The Morgan fingerprint density at radius 1 is 0.967 bits per heavy atom. The van der Waals surface area contributed by atoms with E-state index in [0.29, 0.717) is 16.9 Å². The van der Waals surface area contributed by atoms with Crippen molar-refractivity contribution in [3.63, 3.8) is 0 Å². The number of hydrogen-bond acceptors (Lipinski definition) is 6. The standard InChI is InChI=1S/C22H18N2O6/c25-20-11-8-18(24(28)29)12-17(20)13-23-21(26)14-30-19-9-6-16(7-10-19)22(27)15-4-2-1-3-5-15/h1-12,25H,13-14H2,(H,23,26). The van der Waals surface area contributed by atoms with E-state index in [-0.39, 0.29) is 35.9 Å². The van der Waals surface area contributed by atoms with Crippen LogP contribution < -0.4 is 10.1 Å². The average Bonchev–Trinajstić information content (AvgIpc) is 2.77. The number of carbonyl (C=O) groups excluding carboxylic acids is 2. The third-order valence-electron chi connectivity index (χ3n) is 4.27. The number of benzene rings is 3. The summed E-state index contributed by atoms with van der Waals surface area (Å²) in [6.07, 6.45) is 0. The van der Waals surface area contributed by atoms with Crippen molar-refractivity contribution < 1.29 is 24.4 Å². The molecule has 152 valence electrons. The molecule has 0 heterocycles. The first kappa shape index (κ1) is 20.5. The van der Waals surface area contributed by atoms with Gasteiger partial charge in [0.1, 0.15) is 11.5 Å². The topological polar surface area (TPSA) is 119 Å². The van der Waals surface area contributed by atoms with Crippen LogP contribution in [0.4, 0.5) is 5.69 Å². The number of amides is 1. The Morgan fingerprint density at radius 2 is 1.63 bits per heavy atom. The molecule has 8 heteroatoms. The lowest BCUT2D eigenvalue weighted by Gasteiger charge is -2.09. The SMILES string of the molecule is O=C(COc1ccc(C(=O)c2ccccc2)cc1)NCc1cc([N+](=O)[O-])ccc1O. The fourth-order valence-electron chi connectivity index (χ4n) is 2.68. The molecule has 0 unspecified atom stereocenters. The largest absolute Gasteiger partial charge is 0.508 e. The maximum absolute atomic E-state index is 12.4. The Balaban J connectivity index is 1.52. The molecule has 0 saturated carbocycles. The van der Waals surface area contributed by atoms with Gasteiger partial charge in [0.25, 0.3) is 11.6 Å². The van der Waals surface area contributed by atoms with Crippen LogP contribution in [0.1, 0.15) is 21.5 Å². The van der Waals surface area contributed by atoms with Gasteiger partial charge >= 0.3 is 0 Å². The Bertz CT molecular complexity index is 1060. The van der Waals surface area contributed by atoms with Crippen molar-refractivity contribution >= 4 is 17.4 Å². The van der Waals surface area contributed by atoms with Crippen molar-refractivity contribution in [3.05, 3.63) is 99.6 Å². The molecule has 0 aliphatic carbocycles. The molecule has 1 amide bonds. The molecule has 3 aromatic carbocycles. The Kier molecular flexibility index (Phi) is 6.39. The van der Waals surface area contributed by atoms with Crippen molar-refractivity contribution in [2.45, 2.75) is 6.54 Å². The molecule has 3 rings (SSSR count). The highest BCUT2D eigenvalue weighted by molar-refractivity contribution is 6.08. The summed E-state index contributed by atoms with van der Waals surface area (Å²) in [6, 6.07) is 18.9. The monoisotopic (exact) mass is 406 g/mol. The molecule has 0 saturated heterocycles. The van der Waals surface area contributed by atoms with Crippen molar-refractivity contribution in [2.24, 2.45) is 0 Å². The van der Waals surface area contributed by atoms with Gasteiger partial charge < -0.3 is 15.2 Å². The lowest BCUT2D eigenvalue weighted by Crippen LogP contribution is -2.28. The first-order chi connectivity index (χ1) is 14.4. The van der Waals surface area contributed by atoms with Crippen LogP contribution in [0, 0.1) is 10.1 Å². The van der Waals surface area contributed by atoms with Gasteiger partial charge in [-0.2, -0.15) is 0 Å². The minimum absolute atomic E-state index is 0.0831. The number of carbonyl (C=O) groups is 2. The van der Waals surface area contributed by atoms with Crippen molar-refractivity contribution in [1.82, 2.24) is 5.32 Å². The molecule has 0 atom stereocenters. The number of hydrogen-bond donors (Lipinski definition) is 2. The highest BCUT2D eigenvalue weighted by Gasteiger charge is 2.12. The smallest absolute Gasteiger partial charge is 0.270 e. The molecule has 0 aromatic heterocycles. The summed E-state index contributed by atoms with van der Waals surface area (Å²) in [4.78, 5) is 34.6. The number of non-ortho nitro benzene ring substituents is 1. The molecule has 0 spiro atoms.